The van der Waals surface area contributed by atoms with Crippen LogP contribution in [0.1, 0.15) is 24.6 Å². The smallest absolute Gasteiger partial charge is 0.264 e. The van der Waals surface area contributed by atoms with Crippen LogP contribution in [0.2, 0.25) is 5.02 Å². The highest BCUT2D eigenvalue weighted by Gasteiger charge is 2.27. The summed E-state index contributed by atoms with van der Waals surface area (Å²) in [7, 11) is -4.00. The molecule has 0 atom stereocenters. The van der Waals surface area contributed by atoms with Crippen LogP contribution in [0.25, 0.3) is 17.0 Å². The highest BCUT2D eigenvalue weighted by atomic mass is 35.5. The van der Waals surface area contributed by atoms with Crippen LogP contribution in [0.15, 0.2) is 58.5 Å². The molecule has 2 aromatic carbocycles. The highest BCUT2D eigenvalue weighted by molar-refractivity contribution is 8.03. The molecule has 1 aliphatic heterocycles. The minimum absolute atomic E-state index is 0.276. The Balaban J connectivity index is 1.75. The van der Waals surface area contributed by atoms with Crippen LogP contribution in [-0.2, 0) is 16.7 Å². The van der Waals surface area contributed by atoms with Crippen LogP contribution in [-0.4, -0.2) is 25.3 Å². The second-order valence-electron chi connectivity index (χ2n) is 7.55. The molecule has 4 rings (SSSR count). The lowest BCUT2D eigenvalue weighted by molar-refractivity contribution is -0.669. The molecule has 31 heavy (non-hydrogen) atoms. The number of benzene rings is 2. The Labute approximate surface area is 192 Å². The summed E-state index contributed by atoms with van der Waals surface area (Å²) < 4.78 is 33.8. The largest absolute Gasteiger partial charge is 0.335 e. The van der Waals surface area contributed by atoms with Crippen LogP contribution < -0.4 is 9.47 Å². The molecule has 0 spiro atoms. The van der Waals surface area contributed by atoms with Gasteiger partial charge < -0.3 is 4.90 Å². The average Bonchev–Trinajstić information content (AvgIpc) is 3.03. The lowest BCUT2D eigenvalue weighted by Gasteiger charge is -2.20. The molecule has 0 fully saturated rings. The summed E-state index contributed by atoms with van der Waals surface area (Å²) >= 11 is 7.87. The van der Waals surface area contributed by atoms with Gasteiger partial charge in [-0.3, -0.25) is 4.55 Å². The van der Waals surface area contributed by atoms with Gasteiger partial charge in [-0.25, -0.2) is 0 Å². The summed E-state index contributed by atoms with van der Waals surface area (Å²) in [6.07, 6.45) is 2.45. The fourth-order valence-electron chi connectivity index (χ4n) is 3.88. The van der Waals surface area contributed by atoms with Gasteiger partial charge in [-0.05, 0) is 50.6 Å². The predicted octanol–water partition coefficient (Wildman–Crippen LogP) is 5.30. The number of anilines is 1. The monoisotopic (exact) mass is 475 g/mol. The van der Waals surface area contributed by atoms with Crippen molar-refractivity contribution in [1.82, 2.24) is 0 Å². The van der Waals surface area contributed by atoms with E-state index in [1.165, 1.54) is 16.5 Å². The molecular weight excluding hydrogens is 452 g/mol. The SMILES string of the molecule is CC[n+]1c(/C=C2/Sc3ccc(Cl)cc3N2CCCS(=O)(=O)O)ccc2cc(C)ccc21. The molecular formula is C23H24ClN2O3S2+. The molecule has 0 bridgehead atoms. The van der Waals surface area contributed by atoms with Crippen molar-refractivity contribution in [3.05, 3.63) is 69.8 Å². The number of pyridine rings is 1. The van der Waals surface area contributed by atoms with Crippen LogP contribution in [0, 0.1) is 6.92 Å². The van der Waals surface area contributed by atoms with E-state index in [0.717, 1.165) is 27.9 Å². The average molecular weight is 476 g/mol. The van der Waals surface area contributed by atoms with Crippen molar-refractivity contribution in [2.45, 2.75) is 31.7 Å². The Morgan fingerprint density at radius 3 is 2.71 bits per heavy atom. The molecule has 2 heterocycles. The van der Waals surface area contributed by atoms with Gasteiger partial charge in [0.2, 0.25) is 11.2 Å². The Bertz CT molecular complexity index is 1290. The lowest BCUT2D eigenvalue weighted by atomic mass is 10.1. The standard InChI is InChI=1S/C23H23ClN2O3S2/c1-3-25-19(8-6-17-13-16(2)5-9-20(17)25)15-23-26(11-4-12-31(27,28)29)21-14-18(24)7-10-22(21)30-23/h5-10,13-15H,3-4,11-12H2,1-2H3/p+1. The summed E-state index contributed by atoms with van der Waals surface area (Å²) in [5, 5.41) is 2.83. The number of aryl methyl sites for hydroxylation is 2. The summed E-state index contributed by atoms with van der Waals surface area (Å²) in [6.45, 7) is 5.51. The summed E-state index contributed by atoms with van der Waals surface area (Å²) in [4.78, 5) is 3.15. The van der Waals surface area contributed by atoms with E-state index in [-0.39, 0.29) is 5.75 Å². The number of rotatable bonds is 6. The molecule has 0 saturated carbocycles. The molecule has 0 saturated heterocycles. The number of halogens is 1. The first-order valence-electron chi connectivity index (χ1n) is 10.1. The highest BCUT2D eigenvalue weighted by Crippen LogP contribution is 2.47. The molecule has 162 valence electrons. The van der Waals surface area contributed by atoms with E-state index in [1.807, 2.05) is 18.2 Å². The molecule has 3 aromatic rings. The maximum absolute atomic E-state index is 11.2. The zero-order valence-electron chi connectivity index (χ0n) is 17.4. The Kier molecular flexibility index (Phi) is 6.30. The normalized spacial score (nSPS) is 15.1. The number of nitrogens with zero attached hydrogens (tertiary/aromatic N) is 2. The van der Waals surface area contributed by atoms with Crippen molar-refractivity contribution in [3.63, 3.8) is 0 Å². The van der Waals surface area contributed by atoms with E-state index in [2.05, 4.69) is 59.7 Å². The quantitative estimate of drug-likeness (QED) is 0.387. The first-order chi connectivity index (χ1) is 14.7. The molecule has 1 aromatic heterocycles. The van der Waals surface area contributed by atoms with E-state index < -0.39 is 10.1 Å². The third kappa shape index (κ3) is 4.90. The number of hydrogen-bond acceptors (Lipinski definition) is 4. The lowest BCUT2D eigenvalue weighted by Crippen LogP contribution is -2.37. The van der Waals surface area contributed by atoms with Gasteiger partial charge in [-0.1, -0.05) is 35.0 Å². The summed E-state index contributed by atoms with van der Waals surface area (Å²) in [5.74, 6) is -0.276. The first kappa shape index (κ1) is 22.1. The van der Waals surface area contributed by atoms with E-state index in [9.17, 15) is 8.42 Å². The van der Waals surface area contributed by atoms with E-state index >= 15 is 0 Å². The first-order valence-corrected chi connectivity index (χ1v) is 12.9. The number of fused-ring (bicyclic) bond motifs is 2. The fraction of sp³-hybridized carbons (Fsp3) is 0.261. The van der Waals surface area contributed by atoms with Gasteiger partial charge in [-0.2, -0.15) is 13.0 Å². The third-order valence-corrected chi connectivity index (χ3v) is 7.44. The van der Waals surface area contributed by atoms with Gasteiger partial charge in [0, 0.05) is 40.1 Å². The van der Waals surface area contributed by atoms with Crippen molar-refractivity contribution in [1.29, 1.82) is 0 Å². The van der Waals surface area contributed by atoms with Gasteiger partial charge >= 0.3 is 0 Å². The molecule has 1 N–H and O–H groups in total. The molecule has 0 aliphatic carbocycles. The van der Waals surface area contributed by atoms with Crippen LogP contribution in [0.3, 0.4) is 0 Å². The van der Waals surface area contributed by atoms with E-state index in [4.69, 9.17) is 16.2 Å². The second-order valence-corrected chi connectivity index (χ2v) is 10.6. The Hall–Kier alpha value is -2.06. The van der Waals surface area contributed by atoms with Gasteiger partial charge in [0.25, 0.3) is 10.1 Å². The molecule has 1 aliphatic rings. The maximum Gasteiger partial charge on any atom is 0.264 e. The molecule has 0 radical (unpaired) electrons. The van der Waals surface area contributed by atoms with E-state index in [1.54, 1.807) is 11.8 Å². The summed E-state index contributed by atoms with van der Waals surface area (Å²) in [5.41, 5.74) is 4.42. The molecule has 5 nitrogen and oxygen atoms in total. The van der Waals surface area contributed by atoms with Crippen molar-refractivity contribution in [3.8, 4) is 0 Å². The second kappa shape index (κ2) is 8.82. The maximum atomic E-state index is 11.2. The zero-order chi connectivity index (χ0) is 22.2. The van der Waals surface area contributed by atoms with Crippen molar-refractivity contribution < 1.29 is 17.5 Å². The zero-order valence-corrected chi connectivity index (χ0v) is 19.8. The van der Waals surface area contributed by atoms with Crippen molar-refractivity contribution >= 4 is 56.1 Å². The Morgan fingerprint density at radius 2 is 1.97 bits per heavy atom. The predicted molar refractivity (Wildman–Crippen MR) is 128 cm³/mol. The molecule has 8 heteroatoms. The van der Waals surface area contributed by atoms with Gasteiger partial charge in [0.05, 0.1) is 16.5 Å². The van der Waals surface area contributed by atoms with Crippen LogP contribution in [0.5, 0.6) is 0 Å². The number of hydrogen-bond donors (Lipinski definition) is 1. The van der Waals surface area contributed by atoms with Crippen LogP contribution in [0.4, 0.5) is 5.69 Å². The van der Waals surface area contributed by atoms with Gasteiger partial charge in [0.15, 0.2) is 0 Å². The van der Waals surface area contributed by atoms with E-state index in [0.29, 0.717) is 18.0 Å². The Morgan fingerprint density at radius 1 is 1.16 bits per heavy atom. The van der Waals surface area contributed by atoms with Gasteiger partial charge in [0.1, 0.15) is 6.54 Å². The van der Waals surface area contributed by atoms with Crippen LogP contribution >= 0.6 is 23.4 Å². The minimum atomic E-state index is -4.00. The van der Waals surface area contributed by atoms with Gasteiger partial charge in [-0.15, -0.1) is 0 Å². The minimum Gasteiger partial charge on any atom is -0.335 e. The van der Waals surface area contributed by atoms with Crippen molar-refractivity contribution in [2.24, 2.45) is 0 Å². The fourth-order valence-corrected chi connectivity index (χ4v) is 5.66. The molecule has 0 amide bonds. The number of aromatic nitrogens is 1. The third-order valence-electron chi connectivity index (χ3n) is 5.28. The number of thioether (sulfide) groups is 1. The molecule has 0 unspecified atom stereocenters. The topological polar surface area (TPSA) is 61.5 Å². The van der Waals surface area contributed by atoms with Crippen molar-refractivity contribution in [2.75, 3.05) is 17.2 Å². The summed E-state index contributed by atoms with van der Waals surface area (Å²) in [6, 6.07) is 16.4.